The molecule has 702 valence electrons. The largest absolute Gasteiger partial charge is 0.449 e. The minimum Gasteiger partial charge on any atom is -0.449 e. The summed E-state index contributed by atoms with van der Waals surface area (Å²) in [6.07, 6.45) is -20.1. The van der Waals surface area contributed by atoms with Crippen molar-refractivity contribution in [1.29, 1.82) is 0 Å². The highest BCUT2D eigenvalue weighted by Gasteiger charge is 2.62. The third-order valence-electron chi connectivity index (χ3n) is 23.1. The number of ether oxygens (including phenoxy) is 13. The fourth-order valence-corrected chi connectivity index (χ4v) is 16.2. The molecule has 6 saturated heterocycles. The maximum atomic E-state index is 14.3. The second-order valence-corrected chi connectivity index (χ2v) is 32.7. The Hall–Kier alpha value is -8.38. The number of alkyl carbamates (subject to hydrolysis) is 1. The summed E-state index contributed by atoms with van der Waals surface area (Å²) in [5, 5.41) is 86.3. The minimum absolute atomic E-state index is 0.0699. The van der Waals surface area contributed by atoms with Crippen molar-refractivity contribution in [2.24, 2.45) is 0 Å². The van der Waals surface area contributed by atoms with E-state index in [1.54, 1.807) is 0 Å². The van der Waals surface area contributed by atoms with Crippen molar-refractivity contribution in [3.05, 3.63) is 131 Å². The Kier molecular flexibility index (Phi) is 34.6. The first-order chi connectivity index (χ1) is 60.9. The molecule has 0 spiro atoms. The molecule has 0 unspecified atom stereocenters. The van der Waals surface area contributed by atoms with Crippen LogP contribution in [-0.2, 0) is 94.5 Å². The number of rotatable bonds is 51. The summed E-state index contributed by atoms with van der Waals surface area (Å²) >= 11 is 0. The Morgan fingerprint density at radius 3 is 1.03 bits per heavy atom. The molecule has 12 rings (SSSR count). The molecule has 6 bridgehead atoms. The lowest BCUT2D eigenvalue weighted by atomic mass is 9.88. The Bertz CT molecular complexity index is 3990. The molecule has 0 saturated carbocycles. The lowest BCUT2D eigenvalue weighted by Gasteiger charge is -2.42. The topological polar surface area (TPSA) is 433 Å². The van der Waals surface area contributed by atoms with Crippen LogP contribution < -0.4 is 37.2 Å². The van der Waals surface area contributed by atoms with Crippen molar-refractivity contribution >= 4 is 41.3 Å². The highest BCUT2D eigenvalue weighted by molar-refractivity contribution is 5.79. The van der Waals surface area contributed by atoms with Gasteiger partial charge in [-0.1, -0.05) is 105 Å². The molecule has 0 radical (unpaired) electrons. The van der Waals surface area contributed by atoms with E-state index in [0.717, 1.165) is 58.7 Å². The van der Waals surface area contributed by atoms with Crippen LogP contribution in [0.4, 0.5) is 61.8 Å². The van der Waals surface area contributed by atoms with Gasteiger partial charge in [0, 0.05) is 64.6 Å². The van der Waals surface area contributed by atoms with Crippen LogP contribution in [0.3, 0.4) is 0 Å². The summed E-state index contributed by atoms with van der Waals surface area (Å²) in [7, 11) is 0. The first kappa shape index (κ1) is 97.7. The fraction of sp³-hybridized carbons (Fsp3) is 0.635. The monoisotopic (exact) mass is 1810 g/mol. The number of carbonyl (C=O) groups is 4. The molecule has 2 aromatic carbocycles. The van der Waals surface area contributed by atoms with Gasteiger partial charge in [-0.05, 0) is 97.2 Å². The zero-order valence-electron chi connectivity index (χ0n) is 69.7. The van der Waals surface area contributed by atoms with Crippen LogP contribution >= 0.6 is 0 Å². The summed E-state index contributed by atoms with van der Waals surface area (Å²) in [4.78, 5) is 64.9. The molecular formula is C85H111F9N10O23. The Labute approximate surface area is 726 Å². The van der Waals surface area contributed by atoms with Gasteiger partial charge in [0.15, 0.2) is 18.9 Å². The molecule has 6 fully saturated rings. The highest BCUT2D eigenvalue weighted by Crippen LogP contribution is 2.46. The van der Waals surface area contributed by atoms with Crippen LogP contribution in [0, 0.1) is 0 Å². The zero-order chi connectivity index (χ0) is 90.4. The number of unbranched alkanes of at least 4 members (excludes halogenated alkanes) is 9. The third-order valence-corrected chi connectivity index (χ3v) is 23.1. The number of carbonyl (C=O) groups excluding carboxylic acids is 4. The molecule has 9 heterocycles. The first-order valence-electron chi connectivity index (χ1n) is 42.7. The van der Waals surface area contributed by atoms with Crippen molar-refractivity contribution in [3.63, 3.8) is 0 Å². The molecule has 3 aromatic heterocycles. The average molecular weight is 1810 g/mol. The van der Waals surface area contributed by atoms with Crippen molar-refractivity contribution < 1.29 is 151 Å². The number of nitrogens with one attached hydrogen (secondary N) is 7. The average Bonchev–Trinajstić information content (AvgIpc) is 1.62. The van der Waals surface area contributed by atoms with E-state index < -0.39 is 138 Å². The highest BCUT2D eigenvalue weighted by atomic mass is 19.4. The van der Waals surface area contributed by atoms with Crippen molar-refractivity contribution in [3.8, 4) is 11.1 Å². The maximum absolute atomic E-state index is 14.3. The van der Waals surface area contributed by atoms with Gasteiger partial charge in [-0.3, -0.25) is 14.4 Å². The van der Waals surface area contributed by atoms with Gasteiger partial charge < -0.3 is 129 Å². The number of pyridine rings is 3. The van der Waals surface area contributed by atoms with Crippen LogP contribution in [0.15, 0.2) is 103 Å². The summed E-state index contributed by atoms with van der Waals surface area (Å²) in [5.41, 5.74) is -5.36. The molecule has 33 nitrogen and oxygen atoms in total. The molecule has 15 atom stereocenters. The van der Waals surface area contributed by atoms with E-state index in [0.29, 0.717) is 96.7 Å². The molecule has 13 N–H and O–H groups in total. The Balaban J connectivity index is 0.585. The first-order valence-corrected chi connectivity index (χ1v) is 42.7. The number of aromatic nitrogens is 3. The standard InChI is InChI=1S/C85H111F9N10O23/c86-83(87,88)57-24-17-27-60(98-57)101-66-69(108)72(111)80(49-122-75(66)125-80)46-115-36-14-4-1-11-33-95-63(105)30-39-118-43-79(104-78(114)121-42-56-54-22-9-7-20-52(54)53-21-8-10-23-55(53)56,44-119-40-31-64(106)96-34-12-2-5-15-37-116-47-81-50-123-76(126-81)67(70(109)73(81)112)102-61-28-18-25-58(99-61)84(89,90)91)45-120-41-32-65(107)97-35-13-3-6-16-38-117-48-82-51-124-77(127-82)68(71(110)74(82)113)103-62-29-19-26-59(100-62)85(92,93)94/h7-10,17-29,56,66-77,108-113H,1-6,11-16,30-51H2,(H,95,105)(H,96,106)(H,97,107)(H,98,101)(H,99,102)(H,100,103)(H,104,114)/t66-,67-,68-,69-,70-,71-,72-,73-,74-,75+,76+,77+,80+,81+,82+/m1/s1. The predicted molar refractivity (Wildman–Crippen MR) is 431 cm³/mol. The van der Waals surface area contributed by atoms with Crippen LogP contribution in [0.5, 0.6) is 0 Å². The van der Waals surface area contributed by atoms with E-state index in [9.17, 15) is 89.3 Å². The van der Waals surface area contributed by atoms with Gasteiger partial charge in [-0.2, -0.15) is 39.5 Å². The second-order valence-electron chi connectivity index (χ2n) is 32.7. The smallest absolute Gasteiger partial charge is 0.433 e. The van der Waals surface area contributed by atoms with E-state index in [1.807, 2.05) is 48.5 Å². The van der Waals surface area contributed by atoms with E-state index in [4.69, 9.17) is 61.6 Å². The number of fused-ring (bicyclic) bond motifs is 9. The number of alkyl halides is 9. The van der Waals surface area contributed by atoms with Gasteiger partial charge in [0.2, 0.25) is 17.7 Å². The zero-order valence-corrected chi connectivity index (χ0v) is 69.7. The van der Waals surface area contributed by atoms with Gasteiger partial charge >= 0.3 is 24.6 Å². The van der Waals surface area contributed by atoms with Gasteiger partial charge in [-0.15, -0.1) is 0 Å². The number of aliphatic hydroxyl groups excluding tert-OH is 6. The van der Waals surface area contributed by atoms with Crippen LogP contribution in [-0.4, -0.2) is 291 Å². The summed E-state index contributed by atoms with van der Waals surface area (Å²) < 4.78 is 197. The number of aliphatic hydroxyl groups is 6. The molecule has 1 aliphatic carbocycles. The molecule has 127 heavy (non-hydrogen) atoms. The number of benzene rings is 2. The SMILES string of the molecule is O=C(CCOCC(COCCC(=O)NCCCCCCOC[C@@]12CO[C@@H](O1)[C@H](Nc1cccc(C(F)(F)F)n1)[C@@H](O)[C@H]2O)(COCCC(=O)NCCCCCCOC[C@@]12CO[C@@H](O1)[C@H](Nc1cccc(C(F)(F)F)n1)[C@@H](O)[C@H]2O)NC(=O)OCC1c2ccccc2-c2ccccc21)NCCCCCCOC[C@@]12CO[C@@H](O1)[C@H](Nc1cccc(C(F)(F)F)n1)[C@@H](O)[C@H]2O. The van der Waals surface area contributed by atoms with Crippen LogP contribution in [0.1, 0.15) is 130 Å². The quantitative estimate of drug-likeness (QED) is 0.0141. The van der Waals surface area contributed by atoms with E-state index in [1.165, 1.54) is 18.2 Å². The van der Waals surface area contributed by atoms with Gasteiger partial charge in [0.05, 0.1) is 79.3 Å². The van der Waals surface area contributed by atoms with Crippen molar-refractivity contribution in [1.82, 2.24) is 36.2 Å². The van der Waals surface area contributed by atoms with E-state index in [-0.39, 0.29) is 166 Å². The molecule has 4 amide bonds. The van der Waals surface area contributed by atoms with E-state index >= 15 is 0 Å². The summed E-state index contributed by atoms with van der Waals surface area (Å²) in [6.45, 7) is -0.574. The normalized spacial score (nSPS) is 26.0. The summed E-state index contributed by atoms with van der Waals surface area (Å²) in [6, 6.07) is 21.9. The number of anilines is 3. The number of amides is 4. The number of halogens is 9. The molecule has 6 aliphatic heterocycles. The molecule has 42 heteroatoms. The fourth-order valence-electron chi connectivity index (χ4n) is 16.2. The van der Waals surface area contributed by atoms with E-state index in [2.05, 4.69) is 52.2 Å². The van der Waals surface area contributed by atoms with Gasteiger partial charge in [0.1, 0.15) is 118 Å². The lowest BCUT2D eigenvalue weighted by molar-refractivity contribution is -0.229. The lowest BCUT2D eigenvalue weighted by Crippen LogP contribution is -2.64. The van der Waals surface area contributed by atoms with Crippen molar-refractivity contribution in [2.75, 3.05) is 141 Å². The predicted octanol–water partition coefficient (Wildman–Crippen LogP) is 6.79. The van der Waals surface area contributed by atoms with Gasteiger partial charge in [-0.25, -0.2) is 19.7 Å². The minimum atomic E-state index is -4.71. The molecule has 7 aliphatic rings. The Morgan fingerprint density at radius 2 is 0.709 bits per heavy atom. The van der Waals surface area contributed by atoms with Crippen LogP contribution in [0.25, 0.3) is 11.1 Å². The molecular weight excluding hydrogens is 1700 g/mol. The summed E-state index contributed by atoms with van der Waals surface area (Å²) in [5.74, 6) is -1.93. The third kappa shape index (κ3) is 26.1. The number of hydrogen-bond acceptors (Lipinski definition) is 29. The van der Waals surface area contributed by atoms with Crippen LogP contribution in [0.2, 0.25) is 0 Å². The Morgan fingerprint density at radius 1 is 0.394 bits per heavy atom. The van der Waals surface area contributed by atoms with Gasteiger partial charge in [0.25, 0.3) is 0 Å². The maximum Gasteiger partial charge on any atom is 0.433 e. The second kappa shape index (κ2) is 45.0. The number of nitrogens with zero attached hydrogens (tertiary/aromatic N) is 3. The molecule has 5 aromatic rings. The number of hydrogen-bond donors (Lipinski definition) is 13. The van der Waals surface area contributed by atoms with Crippen molar-refractivity contribution in [2.45, 2.75) is 217 Å².